The Morgan fingerprint density at radius 2 is 2.06 bits per heavy atom. The number of anilines is 1. The van der Waals surface area contributed by atoms with E-state index in [0.29, 0.717) is 35.3 Å². The molecule has 2 aliphatic heterocycles. The number of carbonyl (C=O) groups is 1. The third-order valence-corrected chi connectivity index (χ3v) is 6.97. The number of aryl methyl sites for hydroxylation is 1. The molecule has 2 saturated heterocycles. The number of hydrogen-bond donors (Lipinski definition) is 5. The molecule has 194 valence electrons. The molecule has 36 heavy (non-hydrogen) atoms. The second-order valence-corrected chi connectivity index (χ2v) is 9.30. The van der Waals surface area contributed by atoms with Gasteiger partial charge in [-0.05, 0) is 38.4 Å². The number of aliphatic hydroxyl groups excluding tert-OH is 3. The van der Waals surface area contributed by atoms with Crippen molar-refractivity contribution in [3.63, 3.8) is 0 Å². The van der Waals surface area contributed by atoms with Crippen LogP contribution >= 0.6 is 0 Å². The molecule has 0 bridgehead atoms. The van der Waals surface area contributed by atoms with E-state index in [0.717, 1.165) is 25.9 Å². The zero-order chi connectivity index (χ0) is 25.4. The lowest BCUT2D eigenvalue weighted by Crippen LogP contribution is -2.52. The van der Waals surface area contributed by atoms with Gasteiger partial charge >= 0.3 is 0 Å². The Morgan fingerprint density at radius 3 is 2.75 bits per heavy atom. The van der Waals surface area contributed by atoms with Crippen LogP contribution in [-0.2, 0) is 16.6 Å². The lowest BCUT2D eigenvalue weighted by atomic mass is 10.0. The van der Waals surface area contributed by atoms with E-state index in [2.05, 4.69) is 20.4 Å². The van der Waals surface area contributed by atoms with Crippen molar-refractivity contribution in [2.45, 2.75) is 49.8 Å². The summed E-state index contributed by atoms with van der Waals surface area (Å²) in [7, 11) is 1.80. The molecule has 0 aromatic carbocycles. The molecular weight excluding hydrogens is 468 g/mol. The third-order valence-electron chi connectivity index (χ3n) is 6.97. The predicted octanol–water partition coefficient (Wildman–Crippen LogP) is -1.00. The Bertz CT molecular complexity index is 1220. The first-order valence-corrected chi connectivity index (χ1v) is 12.2. The van der Waals surface area contributed by atoms with Gasteiger partial charge in [-0.3, -0.25) is 9.48 Å². The van der Waals surface area contributed by atoms with Crippen LogP contribution in [0.25, 0.3) is 22.3 Å². The maximum atomic E-state index is 13.6. The Balaban J connectivity index is 1.48. The van der Waals surface area contributed by atoms with E-state index < -0.39 is 30.4 Å². The van der Waals surface area contributed by atoms with E-state index in [1.165, 1.54) is 6.33 Å². The maximum absolute atomic E-state index is 13.6. The quantitative estimate of drug-likeness (QED) is 0.270. The van der Waals surface area contributed by atoms with Gasteiger partial charge in [-0.25, -0.2) is 9.97 Å². The maximum Gasteiger partial charge on any atom is 0.254 e. The fraction of sp³-hybridized carbons (Fsp3) is 0.565. The fourth-order valence-corrected chi connectivity index (χ4v) is 5.14. The van der Waals surface area contributed by atoms with Crippen molar-refractivity contribution in [1.82, 2.24) is 34.5 Å². The van der Waals surface area contributed by atoms with E-state index in [9.17, 15) is 20.1 Å². The van der Waals surface area contributed by atoms with Gasteiger partial charge in [0.2, 0.25) is 0 Å². The Morgan fingerprint density at radius 1 is 1.28 bits per heavy atom. The molecule has 3 aromatic heterocycles. The van der Waals surface area contributed by atoms with Gasteiger partial charge in [-0.2, -0.15) is 5.10 Å². The highest BCUT2D eigenvalue weighted by atomic mass is 16.6. The number of nitrogen functional groups attached to an aromatic ring is 1. The smallest absolute Gasteiger partial charge is 0.254 e. The summed E-state index contributed by atoms with van der Waals surface area (Å²) in [4.78, 5) is 23.7. The second kappa shape index (κ2) is 10.1. The monoisotopic (exact) mass is 500 g/mol. The van der Waals surface area contributed by atoms with Gasteiger partial charge in [0.05, 0.1) is 11.1 Å². The predicted molar refractivity (Wildman–Crippen MR) is 129 cm³/mol. The summed E-state index contributed by atoms with van der Waals surface area (Å²) in [6, 6.07) is 1.78. The van der Waals surface area contributed by atoms with E-state index in [1.807, 2.05) is 6.07 Å². The molecule has 0 aliphatic carbocycles. The Hall–Kier alpha value is -3.10. The number of aromatic nitrogens is 5. The minimum Gasteiger partial charge on any atom is -0.396 e. The topological polar surface area (TPSA) is 177 Å². The van der Waals surface area contributed by atoms with Crippen LogP contribution < -0.4 is 11.1 Å². The standard InChI is InChI=1S/C23H32N8O5/c1-29-9-5-15(28-29)14-11-31(21-16(14)20(24)26-12-27-21)23-18(34)17(33)19(36-23)22(35)30(8-2-10-32)13-3-6-25-7-4-13/h5,9,11-13,17-19,23,25,32-34H,2-4,6-8,10H2,1H3,(H2,24,26,27)/t17-,18+,19-,23+/m0/s1. The fourth-order valence-electron chi connectivity index (χ4n) is 5.14. The Kier molecular flexibility index (Phi) is 6.90. The number of nitrogens with zero attached hydrogens (tertiary/aromatic N) is 6. The van der Waals surface area contributed by atoms with E-state index in [-0.39, 0.29) is 18.5 Å². The number of nitrogens with one attached hydrogen (secondary N) is 1. The van der Waals surface area contributed by atoms with Gasteiger partial charge in [0.25, 0.3) is 5.91 Å². The molecule has 0 saturated carbocycles. The van der Waals surface area contributed by atoms with Gasteiger partial charge in [0.15, 0.2) is 12.3 Å². The van der Waals surface area contributed by atoms with Crippen molar-refractivity contribution < 1.29 is 24.9 Å². The largest absolute Gasteiger partial charge is 0.396 e. The van der Waals surface area contributed by atoms with Crippen LogP contribution in [0.4, 0.5) is 5.82 Å². The zero-order valence-corrected chi connectivity index (χ0v) is 20.1. The molecule has 6 N–H and O–H groups in total. The third kappa shape index (κ3) is 4.33. The lowest BCUT2D eigenvalue weighted by molar-refractivity contribution is -0.151. The van der Waals surface area contributed by atoms with Crippen molar-refractivity contribution in [1.29, 1.82) is 0 Å². The van der Waals surface area contributed by atoms with Crippen molar-refractivity contribution >= 4 is 22.8 Å². The number of ether oxygens (including phenoxy) is 1. The van der Waals surface area contributed by atoms with E-state index in [1.54, 1.807) is 33.6 Å². The first-order valence-electron chi connectivity index (χ1n) is 12.2. The average Bonchev–Trinajstić information content (AvgIpc) is 3.56. The number of amides is 1. The van der Waals surface area contributed by atoms with Crippen LogP contribution in [0.1, 0.15) is 25.5 Å². The average molecular weight is 501 g/mol. The molecule has 5 heterocycles. The summed E-state index contributed by atoms with van der Waals surface area (Å²) >= 11 is 0. The van der Waals surface area contributed by atoms with Crippen molar-refractivity contribution in [2.75, 3.05) is 32.0 Å². The highest BCUT2D eigenvalue weighted by Gasteiger charge is 2.49. The molecule has 13 heteroatoms. The van der Waals surface area contributed by atoms with Crippen LogP contribution in [0.15, 0.2) is 24.8 Å². The van der Waals surface area contributed by atoms with Gasteiger partial charge in [-0.15, -0.1) is 0 Å². The minimum atomic E-state index is -1.45. The second-order valence-electron chi connectivity index (χ2n) is 9.30. The molecule has 0 radical (unpaired) electrons. The number of hydrogen-bond acceptors (Lipinski definition) is 10. The molecule has 13 nitrogen and oxygen atoms in total. The van der Waals surface area contributed by atoms with Gasteiger partial charge < -0.3 is 40.6 Å². The van der Waals surface area contributed by atoms with Gasteiger partial charge in [0, 0.05) is 44.2 Å². The summed E-state index contributed by atoms with van der Waals surface area (Å²) in [5, 5.41) is 39.5. The van der Waals surface area contributed by atoms with Crippen LogP contribution in [0.2, 0.25) is 0 Å². The van der Waals surface area contributed by atoms with Crippen molar-refractivity contribution in [3.05, 3.63) is 24.8 Å². The molecular formula is C23H32N8O5. The van der Waals surface area contributed by atoms with E-state index >= 15 is 0 Å². The van der Waals surface area contributed by atoms with Crippen LogP contribution in [-0.4, -0.2) is 101 Å². The van der Waals surface area contributed by atoms with Gasteiger partial charge in [0.1, 0.15) is 30.0 Å². The molecule has 3 aromatic rings. The van der Waals surface area contributed by atoms with Crippen LogP contribution in [0, 0.1) is 0 Å². The van der Waals surface area contributed by atoms with Crippen LogP contribution in [0.5, 0.6) is 0 Å². The van der Waals surface area contributed by atoms with Crippen molar-refractivity contribution in [2.24, 2.45) is 7.05 Å². The van der Waals surface area contributed by atoms with Gasteiger partial charge in [-0.1, -0.05) is 0 Å². The first-order chi connectivity index (χ1) is 17.4. The number of piperidine rings is 1. The van der Waals surface area contributed by atoms with Crippen molar-refractivity contribution in [3.8, 4) is 11.3 Å². The minimum absolute atomic E-state index is 0.0343. The van der Waals surface area contributed by atoms with E-state index in [4.69, 9.17) is 10.5 Å². The molecule has 5 rings (SSSR count). The summed E-state index contributed by atoms with van der Waals surface area (Å²) in [6.45, 7) is 1.84. The number of nitrogens with two attached hydrogens (primary N) is 1. The number of aliphatic hydroxyl groups is 3. The SMILES string of the molecule is Cn1ccc(-c2cn([C@@H]3O[C@H](C(=O)N(CCCO)C4CCNCC4)[C@@H](O)[C@H]3O)c3ncnc(N)c23)n1. The highest BCUT2D eigenvalue weighted by molar-refractivity contribution is 5.99. The van der Waals surface area contributed by atoms with Crippen LogP contribution in [0.3, 0.4) is 0 Å². The number of carbonyl (C=O) groups excluding carboxylic acids is 1. The molecule has 0 spiro atoms. The molecule has 2 aliphatic rings. The molecule has 2 fully saturated rings. The lowest BCUT2D eigenvalue weighted by Gasteiger charge is -2.36. The first kappa shape index (κ1) is 24.6. The number of rotatable bonds is 7. The zero-order valence-electron chi connectivity index (χ0n) is 20.1. The summed E-state index contributed by atoms with van der Waals surface area (Å²) in [6.07, 6.45) is 1.54. The Labute approximate surface area is 207 Å². The highest BCUT2D eigenvalue weighted by Crippen LogP contribution is 2.38. The summed E-state index contributed by atoms with van der Waals surface area (Å²) < 4.78 is 9.28. The summed E-state index contributed by atoms with van der Waals surface area (Å²) in [5.41, 5.74) is 7.84. The number of fused-ring (bicyclic) bond motifs is 1. The summed E-state index contributed by atoms with van der Waals surface area (Å²) in [5.74, 6) is -0.166. The molecule has 4 atom stereocenters. The molecule has 1 amide bonds. The normalized spacial score (nSPS) is 25.0. The molecule has 0 unspecified atom stereocenters.